The molecule has 5 nitrogen and oxygen atoms in total. The quantitative estimate of drug-likeness (QED) is 0.538. The summed E-state index contributed by atoms with van der Waals surface area (Å²) < 4.78 is 6.75. The number of amides is 2. The van der Waals surface area contributed by atoms with Crippen molar-refractivity contribution < 1.29 is 14.3 Å². The highest BCUT2D eigenvalue weighted by Crippen LogP contribution is 2.16. The molecule has 6 heteroatoms. The summed E-state index contributed by atoms with van der Waals surface area (Å²) in [6.45, 7) is 6.60. The SMILES string of the molecule is CCCNC(=O)C(C)N(Cc1ccccc1C)C(=O)COc1ccc(I)cc1. The fourth-order valence-corrected chi connectivity index (χ4v) is 3.07. The van der Waals surface area contributed by atoms with Crippen LogP contribution >= 0.6 is 22.6 Å². The van der Waals surface area contributed by atoms with Gasteiger partial charge in [-0.15, -0.1) is 0 Å². The molecule has 2 aromatic carbocycles. The number of carbonyl (C=O) groups excluding carboxylic acids is 2. The van der Waals surface area contributed by atoms with Crippen LogP contribution in [0.25, 0.3) is 0 Å². The van der Waals surface area contributed by atoms with Gasteiger partial charge in [-0.1, -0.05) is 31.2 Å². The van der Waals surface area contributed by atoms with Crippen LogP contribution in [0.4, 0.5) is 0 Å². The first-order chi connectivity index (χ1) is 13.4. The topological polar surface area (TPSA) is 58.6 Å². The summed E-state index contributed by atoms with van der Waals surface area (Å²) in [5.41, 5.74) is 2.10. The predicted octanol–water partition coefficient (Wildman–Crippen LogP) is 3.92. The number of hydrogen-bond donors (Lipinski definition) is 1. The van der Waals surface area contributed by atoms with Gasteiger partial charge in [0.05, 0.1) is 0 Å². The van der Waals surface area contributed by atoms with Crippen molar-refractivity contribution in [3.63, 3.8) is 0 Å². The molecule has 0 aliphatic carbocycles. The fourth-order valence-electron chi connectivity index (χ4n) is 2.71. The molecule has 0 radical (unpaired) electrons. The maximum absolute atomic E-state index is 12.9. The molecule has 0 aliphatic rings. The molecule has 0 saturated carbocycles. The van der Waals surface area contributed by atoms with Crippen LogP contribution in [0.5, 0.6) is 5.75 Å². The Bertz CT molecular complexity index is 793. The van der Waals surface area contributed by atoms with Crippen LogP contribution in [0.15, 0.2) is 48.5 Å². The van der Waals surface area contributed by atoms with E-state index < -0.39 is 6.04 Å². The predicted molar refractivity (Wildman–Crippen MR) is 119 cm³/mol. The third-order valence-electron chi connectivity index (χ3n) is 4.49. The van der Waals surface area contributed by atoms with Crippen molar-refractivity contribution in [3.05, 3.63) is 63.2 Å². The minimum absolute atomic E-state index is 0.113. The zero-order chi connectivity index (χ0) is 20.5. The van der Waals surface area contributed by atoms with E-state index in [1.54, 1.807) is 11.8 Å². The lowest BCUT2D eigenvalue weighted by molar-refractivity contribution is -0.142. The lowest BCUT2D eigenvalue weighted by Gasteiger charge is -2.29. The fraction of sp³-hybridized carbons (Fsp3) is 0.364. The minimum Gasteiger partial charge on any atom is -0.484 e. The van der Waals surface area contributed by atoms with Crippen molar-refractivity contribution in [2.24, 2.45) is 0 Å². The van der Waals surface area contributed by atoms with Crippen LogP contribution in [0.2, 0.25) is 0 Å². The van der Waals surface area contributed by atoms with Crippen LogP contribution in [0, 0.1) is 10.5 Å². The summed E-state index contributed by atoms with van der Waals surface area (Å²) in [5, 5.41) is 2.87. The third-order valence-corrected chi connectivity index (χ3v) is 5.21. The average molecular weight is 494 g/mol. The smallest absolute Gasteiger partial charge is 0.261 e. The molecular weight excluding hydrogens is 467 g/mol. The van der Waals surface area contributed by atoms with Crippen molar-refractivity contribution in [1.82, 2.24) is 10.2 Å². The normalized spacial score (nSPS) is 11.6. The number of nitrogens with one attached hydrogen (secondary N) is 1. The van der Waals surface area contributed by atoms with Gasteiger partial charge in [0.25, 0.3) is 5.91 Å². The Kier molecular flexibility index (Phi) is 8.76. The van der Waals surface area contributed by atoms with Crippen LogP contribution in [-0.4, -0.2) is 35.9 Å². The number of benzene rings is 2. The molecule has 1 atom stereocenters. The van der Waals surface area contributed by atoms with E-state index in [2.05, 4.69) is 27.9 Å². The Hall–Kier alpha value is -2.09. The average Bonchev–Trinajstić information content (AvgIpc) is 2.70. The van der Waals surface area contributed by atoms with Crippen LogP contribution in [0.3, 0.4) is 0 Å². The molecule has 0 saturated heterocycles. The van der Waals surface area contributed by atoms with Crippen molar-refractivity contribution in [1.29, 1.82) is 0 Å². The molecule has 2 aromatic rings. The maximum atomic E-state index is 12.9. The van der Waals surface area contributed by atoms with Crippen molar-refractivity contribution >= 4 is 34.4 Å². The molecule has 1 N–H and O–H groups in total. The van der Waals surface area contributed by atoms with Gasteiger partial charge in [0.2, 0.25) is 5.91 Å². The van der Waals surface area contributed by atoms with Gasteiger partial charge in [0.1, 0.15) is 11.8 Å². The van der Waals surface area contributed by atoms with E-state index in [9.17, 15) is 9.59 Å². The number of aryl methyl sites for hydroxylation is 1. The van der Waals surface area contributed by atoms with Gasteiger partial charge in [-0.05, 0) is 78.3 Å². The van der Waals surface area contributed by atoms with Gasteiger partial charge in [0.15, 0.2) is 6.61 Å². The summed E-state index contributed by atoms with van der Waals surface area (Å²) in [6.07, 6.45) is 0.847. The van der Waals surface area contributed by atoms with Crippen LogP contribution in [-0.2, 0) is 16.1 Å². The number of carbonyl (C=O) groups is 2. The Balaban J connectivity index is 2.13. The number of nitrogens with zero attached hydrogens (tertiary/aromatic N) is 1. The second kappa shape index (κ2) is 11.0. The van der Waals surface area contributed by atoms with Gasteiger partial charge >= 0.3 is 0 Å². The molecule has 0 aromatic heterocycles. The summed E-state index contributed by atoms with van der Waals surface area (Å²) in [7, 11) is 0. The van der Waals surface area contributed by atoms with Gasteiger partial charge in [0, 0.05) is 16.7 Å². The van der Waals surface area contributed by atoms with Gasteiger partial charge in [-0.2, -0.15) is 0 Å². The second-order valence-electron chi connectivity index (χ2n) is 6.66. The van der Waals surface area contributed by atoms with E-state index >= 15 is 0 Å². The molecule has 2 amide bonds. The van der Waals surface area contributed by atoms with E-state index in [4.69, 9.17) is 4.74 Å². The Morgan fingerprint density at radius 1 is 1.14 bits per heavy atom. The first-order valence-electron chi connectivity index (χ1n) is 9.42. The zero-order valence-corrected chi connectivity index (χ0v) is 18.7. The molecule has 0 spiro atoms. The van der Waals surface area contributed by atoms with E-state index in [0.717, 1.165) is 21.1 Å². The first-order valence-corrected chi connectivity index (χ1v) is 10.5. The van der Waals surface area contributed by atoms with Crippen LogP contribution in [0.1, 0.15) is 31.4 Å². The molecule has 1 unspecified atom stereocenters. The largest absolute Gasteiger partial charge is 0.484 e. The molecule has 0 fully saturated rings. The summed E-state index contributed by atoms with van der Waals surface area (Å²) in [6, 6.07) is 14.8. The van der Waals surface area contributed by atoms with Gasteiger partial charge in [-0.3, -0.25) is 9.59 Å². The van der Waals surface area contributed by atoms with Gasteiger partial charge < -0.3 is 15.0 Å². The zero-order valence-electron chi connectivity index (χ0n) is 16.6. The molecule has 2 rings (SSSR count). The Morgan fingerprint density at radius 3 is 2.46 bits per heavy atom. The summed E-state index contributed by atoms with van der Waals surface area (Å²) in [4.78, 5) is 27.0. The highest BCUT2D eigenvalue weighted by Gasteiger charge is 2.26. The maximum Gasteiger partial charge on any atom is 0.261 e. The number of hydrogen-bond acceptors (Lipinski definition) is 3. The Labute approximate surface area is 180 Å². The number of rotatable bonds is 9. The minimum atomic E-state index is -0.584. The number of ether oxygens (including phenoxy) is 1. The van der Waals surface area contributed by atoms with Gasteiger partial charge in [-0.25, -0.2) is 0 Å². The van der Waals surface area contributed by atoms with Crippen LogP contribution < -0.4 is 10.1 Å². The standard InChI is InChI=1S/C22H27IN2O3/c1-4-13-24-22(27)17(3)25(14-18-8-6-5-7-16(18)2)21(26)15-28-20-11-9-19(23)10-12-20/h5-12,17H,4,13-15H2,1-3H3,(H,24,27). The molecule has 0 aliphatic heterocycles. The third kappa shape index (κ3) is 6.51. The lowest BCUT2D eigenvalue weighted by atomic mass is 10.1. The first kappa shape index (κ1) is 22.2. The molecular formula is C22H27IN2O3. The highest BCUT2D eigenvalue weighted by atomic mass is 127. The van der Waals surface area contributed by atoms with Crippen molar-refractivity contribution in [2.75, 3.05) is 13.2 Å². The monoisotopic (exact) mass is 494 g/mol. The highest BCUT2D eigenvalue weighted by molar-refractivity contribution is 14.1. The van der Waals surface area contributed by atoms with Crippen molar-refractivity contribution in [3.8, 4) is 5.75 Å². The summed E-state index contributed by atoms with van der Waals surface area (Å²) >= 11 is 2.22. The summed E-state index contributed by atoms with van der Waals surface area (Å²) in [5.74, 6) is 0.256. The molecule has 0 heterocycles. The van der Waals surface area contributed by atoms with E-state index in [-0.39, 0.29) is 18.4 Å². The molecule has 150 valence electrons. The van der Waals surface area contributed by atoms with Crippen molar-refractivity contribution in [2.45, 2.75) is 39.8 Å². The molecule has 28 heavy (non-hydrogen) atoms. The second-order valence-corrected chi connectivity index (χ2v) is 7.90. The molecule has 0 bridgehead atoms. The Morgan fingerprint density at radius 2 is 1.82 bits per heavy atom. The number of halogens is 1. The van der Waals surface area contributed by atoms with E-state index in [0.29, 0.717) is 18.8 Å². The lowest BCUT2D eigenvalue weighted by Crippen LogP contribution is -2.49. The van der Waals surface area contributed by atoms with E-state index in [1.165, 1.54) is 0 Å². The van der Waals surface area contributed by atoms with E-state index in [1.807, 2.05) is 62.4 Å².